The van der Waals surface area contributed by atoms with Crippen molar-refractivity contribution in [3.8, 4) is 0 Å². The lowest BCUT2D eigenvalue weighted by Gasteiger charge is -2.24. The van der Waals surface area contributed by atoms with Crippen LogP contribution in [0.5, 0.6) is 0 Å². The van der Waals surface area contributed by atoms with Crippen LogP contribution in [0, 0.1) is 0 Å². The van der Waals surface area contributed by atoms with E-state index >= 15 is 0 Å². The van der Waals surface area contributed by atoms with Crippen molar-refractivity contribution in [2.75, 3.05) is 6.54 Å². The van der Waals surface area contributed by atoms with Gasteiger partial charge in [-0.25, -0.2) is 4.79 Å². The van der Waals surface area contributed by atoms with E-state index in [9.17, 15) is 14.4 Å². The zero-order valence-electron chi connectivity index (χ0n) is 17.8. The van der Waals surface area contributed by atoms with E-state index in [1.807, 2.05) is 17.0 Å². The van der Waals surface area contributed by atoms with Gasteiger partial charge in [0.2, 0.25) is 0 Å². The van der Waals surface area contributed by atoms with E-state index in [2.05, 4.69) is 16.8 Å². The summed E-state index contributed by atoms with van der Waals surface area (Å²) in [5, 5.41) is 3.00. The van der Waals surface area contributed by atoms with Crippen LogP contribution in [-0.2, 0) is 30.9 Å². The van der Waals surface area contributed by atoms with E-state index in [1.165, 1.54) is 0 Å². The Labute approximate surface area is 181 Å². The molecule has 1 aromatic heterocycles. The van der Waals surface area contributed by atoms with Crippen molar-refractivity contribution < 1.29 is 19.1 Å². The lowest BCUT2D eigenvalue weighted by molar-refractivity contribution is 0.0534. The summed E-state index contributed by atoms with van der Waals surface area (Å²) in [5.41, 5.74) is 4.57. The number of amides is 2. The molecule has 7 heteroatoms. The van der Waals surface area contributed by atoms with E-state index in [4.69, 9.17) is 4.74 Å². The molecule has 0 aliphatic carbocycles. The van der Waals surface area contributed by atoms with Crippen molar-refractivity contribution in [2.24, 2.45) is 0 Å². The van der Waals surface area contributed by atoms with E-state index in [0.717, 1.165) is 62.0 Å². The molecule has 3 aliphatic rings. The van der Waals surface area contributed by atoms with Crippen LogP contribution in [0.15, 0.2) is 24.3 Å². The summed E-state index contributed by atoms with van der Waals surface area (Å²) in [6, 6.07) is 7.53. The van der Waals surface area contributed by atoms with Crippen molar-refractivity contribution in [1.82, 2.24) is 14.8 Å². The van der Waals surface area contributed by atoms with Gasteiger partial charge in [-0.15, -0.1) is 0 Å². The molecule has 0 saturated carbocycles. The van der Waals surface area contributed by atoms with Crippen molar-refractivity contribution in [3.63, 3.8) is 0 Å². The number of nitrogens with one attached hydrogen (secondary N) is 1. The first kappa shape index (κ1) is 19.8. The first-order valence-electron chi connectivity index (χ1n) is 11.1. The molecule has 1 aromatic carbocycles. The molecule has 1 atom stereocenters. The van der Waals surface area contributed by atoms with Crippen LogP contribution in [-0.4, -0.2) is 39.8 Å². The molecule has 1 N–H and O–H groups in total. The van der Waals surface area contributed by atoms with Gasteiger partial charge in [0.05, 0.1) is 11.1 Å². The Balaban J connectivity index is 1.36. The standard InChI is InChI=1S/C24H27N3O4/c1-15-5-4-10-26(15)23(29)21-12-19(20-6-2-3-9-27(20)21)22(28)25-13-16-7-8-18-17(11-16)14-31-24(18)30/h7-8,11-12,15H,2-6,9-10,13-14H2,1H3,(H,25,28)/t15-/m0/s1. The fraction of sp³-hybridized carbons (Fsp3) is 0.458. The Morgan fingerprint density at radius 2 is 2.03 bits per heavy atom. The Hall–Kier alpha value is -3.09. The van der Waals surface area contributed by atoms with E-state index in [-0.39, 0.29) is 30.4 Å². The summed E-state index contributed by atoms with van der Waals surface area (Å²) >= 11 is 0. The third kappa shape index (κ3) is 3.52. The Morgan fingerprint density at radius 3 is 2.84 bits per heavy atom. The summed E-state index contributed by atoms with van der Waals surface area (Å²) in [7, 11) is 0. The maximum atomic E-state index is 13.2. The highest BCUT2D eigenvalue weighted by Gasteiger charge is 2.31. The molecule has 0 spiro atoms. The number of nitrogens with zero attached hydrogens (tertiary/aromatic N) is 2. The lowest BCUT2D eigenvalue weighted by atomic mass is 10.1. The molecule has 1 fully saturated rings. The highest BCUT2D eigenvalue weighted by Crippen LogP contribution is 2.27. The minimum absolute atomic E-state index is 0.0375. The predicted molar refractivity (Wildman–Crippen MR) is 114 cm³/mol. The molecule has 0 unspecified atom stereocenters. The van der Waals surface area contributed by atoms with E-state index in [1.54, 1.807) is 12.1 Å². The fourth-order valence-electron chi connectivity index (χ4n) is 5.01. The molecule has 0 radical (unpaired) electrons. The van der Waals surface area contributed by atoms with Gasteiger partial charge in [-0.2, -0.15) is 0 Å². The molecule has 162 valence electrons. The van der Waals surface area contributed by atoms with Crippen molar-refractivity contribution in [2.45, 2.75) is 64.8 Å². The molecule has 0 bridgehead atoms. The number of esters is 1. The van der Waals surface area contributed by atoms with Gasteiger partial charge in [-0.05, 0) is 62.8 Å². The third-order valence-corrected chi connectivity index (χ3v) is 6.73. The number of rotatable bonds is 4. The molecule has 4 heterocycles. The SMILES string of the molecule is C[C@H]1CCCN1C(=O)c1cc(C(=O)NCc2ccc3c(c2)COC3=O)c2n1CCCC2. The summed E-state index contributed by atoms with van der Waals surface area (Å²) in [6.07, 6.45) is 4.92. The number of likely N-dealkylation sites (tertiary alicyclic amines) is 1. The van der Waals surface area contributed by atoms with Crippen LogP contribution in [0.2, 0.25) is 0 Å². The molecule has 31 heavy (non-hydrogen) atoms. The molecule has 3 aliphatic heterocycles. The second kappa shape index (κ2) is 7.87. The summed E-state index contributed by atoms with van der Waals surface area (Å²) < 4.78 is 7.10. The lowest BCUT2D eigenvalue weighted by Crippen LogP contribution is -2.35. The minimum atomic E-state index is -0.296. The number of aromatic nitrogens is 1. The van der Waals surface area contributed by atoms with Crippen LogP contribution in [0.4, 0.5) is 0 Å². The van der Waals surface area contributed by atoms with Gasteiger partial charge in [0.25, 0.3) is 11.8 Å². The number of carbonyl (C=O) groups is 3. The van der Waals surface area contributed by atoms with E-state index in [0.29, 0.717) is 23.4 Å². The van der Waals surface area contributed by atoms with Gasteiger partial charge in [0.1, 0.15) is 12.3 Å². The Kier molecular flexibility index (Phi) is 5.04. The van der Waals surface area contributed by atoms with Gasteiger partial charge in [0.15, 0.2) is 0 Å². The quantitative estimate of drug-likeness (QED) is 0.770. The van der Waals surface area contributed by atoms with Gasteiger partial charge in [0, 0.05) is 36.9 Å². The Bertz CT molecular complexity index is 1070. The second-order valence-electron chi connectivity index (χ2n) is 8.74. The monoisotopic (exact) mass is 421 g/mol. The van der Waals surface area contributed by atoms with Crippen LogP contribution in [0.25, 0.3) is 0 Å². The first-order chi connectivity index (χ1) is 15.0. The molecule has 5 rings (SSSR count). The molecule has 2 aromatic rings. The first-order valence-corrected chi connectivity index (χ1v) is 11.1. The number of benzene rings is 1. The second-order valence-corrected chi connectivity index (χ2v) is 8.74. The third-order valence-electron chi connectivity index (χ3n) is 6.73. The molecule has 7 nitrogen and oxygen atoms in total. The smallest absolute Gasteiger partial charge is 0.338 e. The maximum Gasteiger partial charge on any atom is 0.338 e. The van der Waals surface area contributed by atoms with Crippen LogP contribution < -0.4 is 5.32 Å². The molecular weight excluding hydrogens is 394 g/mol. The summed E-state index contributed by atoms with van der Waals surface area (Å²) in [6.45, 7) is 4.30. The number of ether oxygens (including phenoxy) is 1. The highest BCUT2D eigenvalue weighted by atomic mass is 16.5. The topological polar surface area (TPSA) is 80.6 Å². The molecule has 1 saturated heterocycles. The van der Waals surface area contributed by atoms with Crippen LogP contribution in [0.1, 0.15) is 80.6 Å². The number of hydrogen-bond acceptors (Lipinski definition) is 4. The predicted octanol–water partition coefficient (Wildman–Crippen LogP) is 3.05. The Morgan fingerprint density at radius 1 is 1.16 bits per heavy atom. The van der Waals surface area contributed by atoms with Gasteiger partial charge in [-0.3, -0.25) is 9.59 Å². The number of hydrogen-bond donors (Lipinski definition) is 1. The van der Waals surface area contributed by atoms with Gasteiger partial charge in [-0.1, -0.05) is 6.07 Å². The van der Waals surface area contributed by atoms with Crippen molar-refractivity contribution >= 4 is 17.8 Å². The zero-order chi connectivity index (χ0) is 21.5. The fourth-order valence-corrected chi connectivity index (χ4v) is 5.01. The van der Waals surface area contributed by atoms with E-state index < -0.39 is 0 Å². The summed E-state index contributed by atoms with van der Waals surface area (Å²) in [5.74, 6) is -0.418. The maximum absolute atomic E-state index is 13.2. The highest BCUT2D eigenvalue weighted by molar-refractivity contribution is 6.01. The van der Waals surface area contributed by atoms with Gasteiger partial charge >= 0.3 is 5.97 Å². The number of carbonyl (C=O) groups excluding carboxylic acids is 3. The normalized spacial score (nSPS) is 19.7. The van der Waals surface area contributed by atoms with Crippen molar-refractivity contribution in [3.05, 3.63) is 57.9 Å². The van der Waals surface area contributed by atoms with Crippen molar-refractivity contribution in [1.29, 1.82) is 0 Å². The average Bonchev–Trinajstić information content (AvgIpc) is 3.48. The molecular formula is C24H27N3O4. The van der Waals surface area contributed by atoms with Crippen LogP contribution >= 0.6 is 0 Å². The average molecular weight is 421 g/mol. The number of cyclic esters (lactones) is 1. The van der Waals surface area contributed by atoms with Gasteiger partial charge < -0.3 is 19.5 Å². The molecule has 2 amide bonds. The zero-order valence-corrected chi connectivity index (χ0v) is 17.8. The van der Waals surface area contributed by atoms with Crippen LogP contribution in [0.3, 0.4) is 0 Å². The largest absolute Gasteiger partial charge is 0.457 e. The minimum Gasteiger partial charge on any atom is -0.457 e. The number of fused-ring (bicyclic) bond motifs is 2. The summed E-state index contributed by atoms with van der Waals surface area (Å²) in [4.78, 5) is 39.8.